The van der Waals surface area contributed by atoms with Gasteiger partial charge in [0.2, 0.25) is 0 Å². The lowest BCUT2D eigenvalue weighted by Gasteiger charge is -2.11. The number of carbonyl (C=O) groups excluding carboxylic acids is 2. The largest absolute Gasteiger partial charge is 0.423 e. The molecule has 0 atom stereocenters. The van der Waals surface area contributed by atoms with E-state index in [9.17, 15) is 9.59 Å². The Hall–Kier alpha value is -1.55. The zero-order chi connectivity index (χ0) is 20.2. The van der Waals surface area contributed by atoms with E-state index >= 15 is 0 Å². The molecule has 0 aromatic heterocycles. The van der Waals surface area contributed by atoms with Crippen LogP contribution in [-0.2, 0) is 9.59 Å². The van der Waals surface area contributed by atoms with E-state index in [0.29, 0.717) is 29.7 Å². The molecule has 0 N–H and O–H groups in total. The van der Waals surface area contributed by atoms with Gasteiger partial charge in [-0.05, 0) is 36.8 Å². The van der Waals surface area contributed by atoms with Crippen LogP contribution in [0.4, 0.5) is 0 Å². The van der Waals surface area contributed by atoms with Gasteiger partial charge in [-0.1, -0.05) is 65.0 Å². The van der Waals surface area contributed by atoms with Crippen molar-refractivity contribution in [1.82, 2.24) is 0 Å². The third-order valence-electron chi connectivity index (χ3n) is 4.18. The molecule has 4 nitrogen and oxygen atoms in total. The van der Waals surface area contributed by atoms with Crippen molar-refractivity contribution in [2.75, 3.05) is 0 Å². The number of hydrogen-bond acceptors (Lipinski definition) is 4. The van der Waals surface area contributed by atoms with Gasteiger partial charge in [0, 0.05) is 23.9 Å². The van der Waals surface area contributed by atoms with Crippen molar-refractivity contribution in [2.45, 2.75) is 79.1 Å². The molecule has 0 amide bonds. The molecule has 0 spiro atoms. The van der Waals surface area contributed by atoms with Crippen LogP contribution in [0.1, 0.15) is 79.1 Å². The first kappa shape index (κ1) is 23.5. The van der Waals surface area contributed by atoms with Crippen LogP contribution in [-0.4, -0.2) is 11.9 Å². The molecule has 0 unspecified atom stereocenters. The molecule has 1 rings (SSSR count). The zero-order valence-corrected chi connectivity index (χ0v) is 17.8. The van der Waals surface area contributed by atoms with Crippen LogP contribution in [0, 0.1) is 11.8 Å². The minimum absolute atomic E-state index is 0.201. The fourth-order valence-electron chi connectivity index (χ4n) is 2.64. The van der Waals surface area contributed by atoms with Crippen LogP contribution in [0.5, 0.6) is 11.5 Å². The molecule has 0 aliphatic heterocycles. The quantitative estimate of drug-likeness (QED) is 0.227. The first-order valence-corrected chi connectivity index (χ1v) is 10.4. The second-order valence-electron chi connectivity index (χ2n) is 7.82. The lowest BCUT2D eigenvalue weighted by Crippen LogP contribution is -2.12. The van der Waals surface area contributed by atoms with Gasteiger partial charge >= 0.3 is 11.9 Å². The Labute approximate surface area is 168 Å². The second-order valence-corrected chi connectivity index (χ2v) is 8.25. The summed E-state index contributed by atoms with van der Waals surface area (Å²) in [7, 11) is 0. The second kappa shape index (κ2) is 12.8. The molecule has 0 radical (unpaired) electrons. The zero-order valence-electron chi connectivity index (χ0n) is 17.1. The van der Waals surface area contributed by atoms with Gasteiger partial charge in [0.25, 0.3) is 0 Å². The minimum atomic E-state index is -0.338. The van der Waals surface area contributed by atoms with Crippen LogP contribution < -0.4 is 9.47 Å². The average molecular weight is 397 g/mol. The molecule has 0 heterocycles. The Morgan fingerprint density at radius 1 is 0.815 bits per heavy atom. The molecular formula is C22H33ClO4. The lowest BCUT2D eigenvalue weighted by molar-refractivity contribution is -0.137. The normalized spacial score (nSPS) is 11.1. The molecule has 0 saturated carbocycles. The standard InChI is InChI=1S/C22H33ClO4/c1-16(2)9-5-7-11-21(24)26-19-14-13-18(23)15-20(19)27-22(25)12-8-6-10-17(3)4/h13-17H,5-12H2,1-4H3. The predicted molar refractivity (Wildman–Crippen MR) is 109 cm³/mol. The predicted octanol–water partition coefficient (Wildman–Crippen LogP) is 6.58. The molecule has 27 heavy (non-hydrogen) atoms. The monoisotopic (exact) mass is 396 g/mol. The van der Waals surface area contributed by atoms with Gasteiger partial charge in [-0.3, -0.25) is 9.59 Å². The van der Waals surface area contributed by atoms with Gasteiger partial charge in [-0.2, -0.15) is 0 Å². The molecule has 1 aromatic rings. The Morgan fingerprint density at radius 2 is 1.30 bits per heavy atom. The number of carbonyl (C=O) groups is 2. The summed E-state index contributed by atoms with van der Waals surface area (Å²) < 4.78 is 10.8. The summed E-state index contributed by atoms with van der Waals surface area (Å²) in [5, 5.41) is 0.425. The molecule has 0 saturated heterocycles. The van der Waals surface area contributed by atoms with Crippen molar-refractivity contribution in [3.63, 3.8) is 0 Å². The highest BCUT2D eigenvalue weighted by atomic mass is 35.5. The topological polar surface area (TPSA) is 52.6 Å². The Balaban J connectivity index is 2.53. The van der Waals surface area contributed by atoms with E-state index < -0.39 is 0 Å². The van der Waals surface area contributed by atoms with Crippen molar-refractivity contribution in [1.29, 1.82) is 0 Å². The first-order chi connectivity index (χ1) is 12.8. The van der Waals surface area contributed by atoms with E-state index in [4.69, 9.17) is 21.1 Å². The highest BCUT2D eigenvalue weighted by Crippen LogP contribution is 2.31. The molecular weight excluding hydrogens is 364 g/mol. The van der Waals surface area contributed by atoms with Gasteiger partial charge in [-0.15, -0.1) is 0 Å². The van der Waals surface area contributed by atoms with E-state index in [1.54, 1.807) is 12.1 Å². The molecule has 5 heteroatoms. The molecule has 0 fully saturated rings. The van der Waals surface area contributed by atoms with E-state index in [2.05, 4.69) is 27.7 Å². The third kappa shape index (κ3) is 11.0. The van der Waals surface area contributed by atoms with Gasteiger partial charge < -0.3 is 9.47 Å². The molecule has 1 aromatic carbocycles. The van der Waals surface area contributed by atoms with Gasteiger partial charge in [0.15, 0.2) is 11.5 Å². The number of halogens is 1. The van der Waals surface area contributed by atoms with Crippen molar-refractivity contribution < 1.29 is 19.1 Å². The van der Waals surface area contributed by atoms with E-state index in [-0.39, 0.29) is 23.4 Å². The maximum Gasteiger partial charge on any atom is 0.311 e. The average Bonchev–Trinajstić information content (AvgIpc) is 2.58. The number of hydrogen-bond donors (Lipinski definition) is 0. The summed E-state index contributed by atoms with van der Waals surface area (Å²) in [6.07, 6.45) is 6.40. The number of ether oxygens (including phenoxy) is 2. The fourth-order valence-corrected chi connectivity index (χ4v) is 2.80. The highest BCUT2D eigenvalue weighted by molar-refractivity contribution is 6.30. The molecule has 0 aliphatic rings. The van der Waals surface area contributed by atoms with Crippen LogP contribution in [0.2, 0.25) is 5.02 Å². The van der Waals surface area contributed by atoms with Crippen LogP contribution in [0.3, 0.4) is 0 Å². The van der Waals surface area contributed by atoms with Gasteiger partial charge in [-0.25, -0.2) is 0 Å². The Morgan fingerprint density at radius 3 is 1.78 bits per heavy atom. The molecule has 0 aliphatic carbocycles. The van der Waals surface area contributed by atoms with Crippen molar-refractivity contribution in [2.24, 2.45) is 11.8 Å². The fraction of sp³-hybridized carbons (Fsp3) is 0.636. The van der Waals surface area contributed by atoms with Crippen molar-refractivity contribution in [3.05, 3.63) is 23.2 Å². The van der Waals surface area contributed by atoms with Crippen LogP contribution >= 0.6 is 11.6 Å². The van der Waals surface area contributed by atoms with Crippen LogP contribution in [0.25, 0.3) is 0 Å². The number of benzene rings is 1. The number of esters is 2. The van der Waals surface area contributed by atoms with Gasteiger partial charge in [0.1, 0.15) is 0 Å². The van der Waals surface area contributed by atoms with Crippen LogP contribution in [0.15, 0.2) is 18.2 Å². The lowest BCUT2D eigenvalue weighted by atomic mass is 10.1. The maximum atomic E-state index is 12.1. The molecule has 0 bridgehead atoms. The van der Waals surface area contributed by atoms with Crippen molar-refractivity contribution >= 4 is 23.5 Å². The maximum absolute atomic E-state index is 12.1. The number of unbranched alkanes of at least 4 members (excludes halogenated alkanes) is 2. The Bertz CT molecular complexity index is 596. The minimum Gasteiger partial charge on any atom is -0.423 e. The smallest absolute Gasteiger partial charge is 0.311 e. The summed E-state index contributed by atoms with van der Waals surface area (Å²) >= 11 is 6.00. The first-order valence-electron chi connectivity index (χ1n) is 9.98. The van der Waals surface area contributed by atoms with E-state index in [1.165, 1.54) is 6.07 Å². The SMILES string of the molecule is CC(C)CCCCC(=O)Oc1ccc(Cl)cc1OC(=O)CCCCC(C)C. The summed E-state index contributed by atoms with van der Waals surface area (Å²) in [5.41, 5.74) is 0. The van der Waals surface area contributed by atoms with Crippen molar-refractivity contribution in [3.8, 4) is 11.5 Å². The summed E-state index contributed by atoms with van der Waals surface area (Å²) in [4.78, 5) is 24.1. The van der Waals surface area contributed by atoms with E-state index in [1.807, 2.05) is 0 Å². The molecule has 152 valence electrons. The summed E-state index contributed by atoms with van der Waals surface area (Å²) in [6.45, 7) is 8.65. The summed E-state index contributed by atoms with van der Waals surface area (Å²) in [5.74, 6) is 1.03. The summed E-state index contributed by atoms with van der Waals surface area (Å²) in [6, 6.07) is 4.69. The highest BCUT2D eigenvalue weighted by Gasteiger charge is 2.14. The number of rotatable bonds is 12. The van der Waals surface area contributed by atoms with Gasteiger partial charge in [0.05, 0.1) is 0 Å². The third-order valence-corrected chi connectivity index (χ3v) is 4.41. The van der Waals surface area contributed by atoms with E-state index in [0.717, 1.165) is 38.5 Å². The Kier molecular flexibility index (Phi) is 11.1.